The second kappa shape index (κ2) is 5.98. The van der Waals surface area contributed by atoms with Gasteiger partial charge in [0.05, 0.1) is 4.90 Å². The van der Waals surface area contributed by atoms with Crippen molar-refractivity contribution in [2.45, 2.75) is 18.2 Å². The van der Waals surface area contributed by atoms with Gasteiger partial charge in [-0.25, -0.2) is 18.1 Å². The molecule has 7 heteroatoms. The number of sulfonamides is 1. The molecule has 0 saturated carbocycles. The Morgan fingerprint density at radius 2 is 2.00 bits per heavy atom. The molecule has 106 valence electrons. The summed E-state index contributed by atoms with van der Waals surface area (Å²) in [6.07, 6.45) is 3.78. The van der Waals surface area contributed by atoms with Crippen LogP contribution in [0.4, 0.5) is 0 Å². The van der Waals surface area contributed by atoms with Crippen molar-refractivity contribution >= 4 is 15.8 Å². The van der Waals surface area contributed by atoms with E-state index < -0.39 is 10.0 Å². The van der Waals surface area contributed by atoms with Gasteiger partial charge in [-0.15, -0.1) is 0 Å². The van der Waals surface area contributed by atoms with Crippen LogP contribution in [0.1, 0.15) is 23.1 Å². The van der Waals surface area contributed by atoms with Crippen LogP contribution in [0.5, 0.6) is 0 Å². The molecule has 0 aliphatic heterocycles. The second-order valence-electron chi connectivity index (χ2n) is 4.26. The summed E-state index contributed by atoms with van der Waals surface area (Å²) in [5.74, 6) is 0.624. The van der Waals surface area contributed by atoms with E-state index in [0.29, 0.717) is 12.0 Å². The number of Topliss-reactive ketones (excluding diaryl/α,β-unsaturated/α-hetero) is 1. The number of rotatable bonds is 6. The third kappa shape index (κ3) is 3.52. The van der Waals surface area contributed by atoms with E-state index in [-0.39, 0.29) is 17.2 Å². The smallest absolute Gasteiger partial charge is 0.240 e. The van der Waals surface area contributed by atoms with Crippen LogP contribution < -0.4 is 4.72 Å². The molecule has 0 atom stereocenters. The van der Waals surface area contributed by atoms with Crippen LogP contribution in [0.2, 0.25) is 0 Å². The number of ketones is 1. The van der Waals surface area contributed by atoms with Crippen LogP contribution in [-0.2, 0) is 16.4 Å². The molecule has 2 aromatic rings. The highest BCUT2D eigenvalue weighted by Crippen LogP contribution is 2.10. The Morgan fingerprint density at radius 1 is 1.30 bits per heavy atom. The van der Waals surface area contributed by atoms with E-state index in [1.165, 1.54) is 31.2 Å². The normalized spacial score (nSPS) is 11.4. The third-order valence-corrected chi connectivity index (χ3v) is 4.26. The molecular weight excluding hydrogens is 278 g/mol. The van der Waals surface area contributed by atoms with E-state index in [0.717, 1.165) is 5.82 Å². The Labute approximate surface area is 117 Å². The van der Waals surface area contributed by atoms with Gasteiger partial charge < -0.3 is 4.98 Å². The summed E-state index contributed by atoms with van der Waals surface area (Å²) in [5.41, 5.74) is 0.486. The maximum absolute atomic E-state index is 12.0. The first-order valence-electron chi connectivity index (χ1n) is 6.08. The maximum Gasteiger partial charge on any atom is 0.240 e. The molecule has 0 amide bonds. The lowest BCUT2D eigenvalue weighted by Gasteiger charge is -2.06. The van der Waals surface area contributed by atoms with E-state index in [2.05, 4.69) is 14.7 Å². The Kier molecular flexibility index (Phi) is 4.31. The highest BCUT2D eigenvalue weighted by atomic mass is 32.2. The number of nitrogens with zero attached hydrogens (tertiary/aromatic N) is 1. The van der Waals surface area contributed by atoms with E-state index in [1.807, 2.05) is 0 Å². The second-order valence-corrected chi connectivity index (χ2v) is 6.03. The molecule has 0 bridgehead atoms. The quantitative estimate of drug-likeness (QED) is 0.781. The molecular formula is C13H15N3O3S. The van der Waals surface area contributed by atoms with Gasteiger partial charge in [0.15, 0.2) is 5.78 Å². The number of aromatic amines is 1. The number of H-pyrrole nitrogens is 1. The highest BCUT2D eigenvalue weighted by molar-refractivity contribution is 7.89. The van der Waals surface area contributed by atoms with Gasteiger partial charge in [-0.05, 0) is 19.1 Å². The zero-order valence-corrected chi connectivity index (χ0v) is 11.8. The fraction of sp³-hybridized carbons (Fsp3) is 0.231. The molecule has 20 heavy (non-hydrogen) atoms. The van der Waals surface area contributed by atoms with Gasteiger partial charge in [-0.1, -0.05) is 12.1 Å². The van der Waals surface area contributed by atoms with Gasteiger partial charge >= 0.3 is 0 Å². The van der Waals surface area contributed by atoms with Crippen LogP contribution in [0, 0.1) is 0 Å². The Balaban J connectivity index is 2.00. The van der Waals surface area contributed by atoms with Crippen molar-refractivity contribution in [2.24, 2.45) is 0 Å². The summed E-state index contributed by atoms with van der Waals surface area (Å²) < 4.78 is 26.5. The predicted octanol–water partition coefficient (Wildman–Crippen LogP) is 1.13. The zero-order chi connectivity index (χ0) is 14.6. The topological polar surface area (TPSA) is 91.9 Å². The fourth-order valence-corrected chi connectivity index (χ4v) is 2.72. The molecule has 0 spiro atoms. The predicted molar refractivity (Wildman–Crippen MR) is 73.9 cm³/mol. The number of hydrogen-bond acceptors (Lipinski definition) is 4. The molecule has 0 radical (unpaired) electrons. The molecule has 6 nitrogen and oxygen atoms in total. The summed E-state index contributed by atoms with van der Waals surface area (Å²) >= 11 is 0. The van der Waals surface area contributed by atoms with Gasteiger partial charge in [-0.3, -0.25) is 4.79 Å². The van der Waals surface area contributed by atoms with Crippen LogP contribution >= 0.6 is 0 Å². The first-order valence-corrected chi connectivity index (χ1v) is 7.56. The van der Waals surface area contributed by atoms with Gasteiger partial charge in [0, 0.05) is 30.9 Å². The SMILES string of the molecule is CC(=O)c1ccc(S(=O)(=O)NCCc2ncc[nH]2)cc1. The summed E-state index contributed by atoms with van der Waals surface area (Å²) in [5, 5.41) is 0. The van der Waals surface area contributed by atoms with Gasteiger partial charge in [-0.2, -0.15) is 0 Å². The maximum atomic E-state index is 12.0. The van der Waals surface area contributed by atoms with Crippen LogP contribution in [0.15, 0.2) is 41.6 Å². The lowest BCUT2D eigenvalue weighted by Crippen LogP contribution is -2.26. The summed E-state index contributed by atoms with van der Waals surface area (Å²) in [6.45, 7) is 1.69. The van der Waals surface area contributed by atoms with Gasteiger partial charge in [0.25, 0.3) is 0 Å². The number of carbonyl (C=O) groups is 1. The fourth-order valence-electron chi connectivity index (χ4n) is 1.69. The molecule has 0 fully saturated rings. The lowest BCUT2D eigenvalue weighted by molar-refractivity contribution is 0.101. The summed E-state index contributed by atoms with van der Waals surface area (Å²) in [4.78, 5) is 18.2. The Bertz CT molecular complexity index is 676. The number of aromatic nitrogens is 2. The standard InChI is InChI=1S/C13H15N3O3S/c1-10(17)11-2-4-12(5-3-11)20(18,19)16-7-6-13-14-8-9-15-13/h2-5,8-9,16H,6-7H2,1H3,(H,14,15). The van der Waals surface area contributed by atoms with Crippen molar-refractivity contribution in [3.05, 3.63) is 48.0 Å². The molecule has 0 aliphatic carbocycles. The van der Waals surface area contributed by atoms with Crippen LogP contribution in [0.3, 0.4) is 0 Å². The number of carbonyl (C=O) groups excluding carboxylic acids is 1. The minimum Gasteiger partial charge on any atom is -0.349 e. The molecule has 1 aromatic heterocycles. The molecule has 2 rings (SSSR count). The minimum absolute atomic E-state index is 0.0975. The zero-order valence-electron chi connectivity index (χ0n) is 11.0. The molecule has 0 aliphatic rings. The number of hydrogen-bond donors (Lipinski definition) is 2. The number of benzene rings is 1. The number of imidazole rings is 1. The van der Waals surface area contributed by atoms with E-state index in [9.17, 15) is 13.2 Å². The average Bonchev–Trinajstić information content (AvgIpc) is 2.92. The van der Waals surface area contributed by atoms with Crippen LogP contribution in [0.25, 0.3) is 0 Å². The van der Waals surface area contributed by atoms with E-state index >= 15 is 0 Å². The van der Waals surface area contributed by atoms with Crippen molar-refractivity contribution in [2.75, 3.05) is 6.54 Å². The summed E-state index contributed by atoms with van der Waals surface area (Å²) in [7, 11) is -3.56. The van der Waals surface area contributed by atoms with Crippen molar-refractivity contribution in [3.63, 3.8) is 0 Å². The largest absolute Gasteiger partial charge is 0.349 e. The highest BCUT2D eigenvalue weighted by Gasteiger charge is 2.13. The summed E-state index contributed by atoms with van der Waals surface area (Å²) in [6, 6.07) is 5.85. The van der Waals surface area contributed by atoms with Gasteiger partial charge in [0.1, 0.15) is 5.82 Å². The van der Waals surface area contributed by atoms with Crippen LogP contribution in [-0.4, -0.2) is 30.7 Å². The van der Waals surface area contributed by atoms with Crippen molar-refractivity contribution < 1.29 is 13.2 Å². The van der Waals surface area contributed by atoms with Crippen molar-refractivity contribution in [1.82, 2.24) is 14.7 Å². The minimum atomic E-state index is -3.56. The average molecular weight is 293 g/mol. The van der Waals surface area contributed by atoms with Gasteiger partial charge in [0.2, 0.25) is 10.0 Å². The molecule has 1 heterocycles. The number of nitrogens with one attached hydrogen (secondary N) is 2. The molecule has 2 N–H and O–H groups in total. The van der Waals surface area contributed by atoms with Crippen molar-refractivity contribution in [1.29, 1.82) is 0 Å². The Morgan fingerprint density at radius 3 is 2.55 bits per heavy atom. The Hall–Kier alpha value is -1.99. The lowest BCUT2D eigenvalue weighted by atomic mass is 10.2. The monoisotopic (exact) mass is 293 g/mol. The third-order valence-electron chi connectivity index (χ3n) is 2.78. The van der Waals surface area contributed by atoms with E-state index in [1.54, 1.807) is 12.4 Å². The van der Waals surface area contributed by atoms with Crippen molar-refractivity contribution in [3.8, 4) is 0 Å². The molecule has 0 saturated heterocycles. The first kappa shape index (κ1) is 14.4. The van der Waals surface area contributed by atoms with E-state index in [4.69, 9.17) is 0 Å². The molecule has 1 aromatic carbocycles. The first-order chi connectivity index (χ1) is 9.49. The molecule has 0 unspecified atom stereocenters.